The van der Waals surface area contributed by atoms with Crippen LogP contribution in [0.2, 0.25) is 0 Å². The van der Waals surface area contributed by atoms with Gasteiger partial charge < -0.3 is 8.74 Å². The third kappa shape index (κ3) is 4.92. The lowest BCUT2D eigenvalue weighted by atomic mass is 9.99. The maximum Gasteiger partial charge on any atom is 0.339 e. The fourth-order valence-corrected chi connectivity index (χ4v) is 4.69. The molecule has 0 aliphatic heterocycles. The molecular weight excluding hydrogens is 400 g/mol. The highest BCUT2D eigenvalue weighted by molar-refractivity contribution is 7.87. The Morgan fingerprint density at radius 2 is 1.57 bits per heavy atom. The first-order valence-electron chi connectivity index (χ1n) is 9.01. The van der Waals surface area contributed by atoms with Crippen LogP contribution in [0.25, 0.3) is 0 Å². The highest BCUT2D eigenvalue weighted by Gasteiger charge is 2.21. The van der Waals surface area contributed by atoms with Crippen LogP contribution in [0.3, 0.4) is 0 Å². The molecule has 0 aliphatic carbocycles. The predicted molar refractivity (Wildman–Crippen MR) is 106 cm³/mol. The molecule has 2 aromatic carbocycles. The van der Waals surface area contributed by atoms with Crippen molar-refractivity contribution in [1.29, 1.82) is 0 Å². The van der Waals surface area contributed by atoms with Crippen molar-refractivity contribution >= 4 is 20.2 Å². The van der Waals surface area contributed by atoms with Gasteiger partial charge >= 0.3 is 10.1 Å². The SMILES string of the molecule is CCC(C)c1ccc(S(=O)(=O)Oc2cc(C(C)C)c(S(=O)(=O)[O-])cc2C)cc1. The number of rotatable bonds is 7. The fraction of sp³-hybridized carbons (Fsp3) is 0.400. The molecule has 2 rings (SSSR count). The van der Waals surface area contributed by atoms with Crippen molar-refractivity contribution in [2.75, 3.05) is 0 Å². The second-order valence-electron chi connectivity index (χ2n) is 7.18. The smallest absolute Gasteiger partial charge is 0.339 e. The molecule has 0 spiro atoms. The Kier molecular flexibility index (Phi) is 6.58. The van der Waals surface area contributed by atoms with Crippen LogP contribution in [0.4, 0.5) is 0 Å². The lowest BCUT2D eigenvalue weighted by Gasteiger charge is -2.19. The molecule has 28 heavy (non-hydrogen) atoms. The number of aryl methyl sites for hydroxylation is 1. The molecule has 2 aromatic rings. The standard InChI is InChI=1S/C20H26O6S2/c1-6-14(4)16-7-9-17(10-8-16)28(24,25)26-19-12-18(13(2)3)20(11-15(19)5)27(21,22)23/h7-14H,6H2,1-5H3,(H,21,22,23)/p-1. The van der Waals surface area contributed by atoms with Crippen molar-refractivity contribution in [2.24, 2.45) is 0 Å². The summed E-state index contributed by atoms with van der Waals surface area (Å²) in [4.78, 5) is -0.353. The molecule has 0 N–H and O–H groups in total. The highest BCUT2D eigenvalue weighted by atomic mass is 32.2. The summed E-state index contributed by atoms with van der Waals surface area (Å²) >= 11 is 0. The van der Waals surface area contributed by atoms with Crippen LogP contribution in [0.1, 0.15) is 62.6 Å². The van der Waals surface area contributed by atoms with Crippen LogP contribution in [0.5, 0.6) is 5.75 Å². The first kappa shape index (κ1) is 22.4. The van der Waals surface area contributed by atoms with E-state index in [2.05, 4.69) is 13.8 Å². The van der Waals surface area contributed by atoms with Gasteiger partial charge in [-0.1, -0.05) is 39.8 Å². The van der Waals surface area contributed by atoms with Gasteiger partial charge in [0.15, 0.2) is 0 Å². The van der Waals surface area contributed by atoms with E-state index in [-0.39, 0.29) is 32.6 Å². The first-order chi connectivity index (χ1) is 12.9. The minimum atomic E-state index is -4.68. The molecule has 1 unspecified atom stereocenters. The molecule has 0 fully saturated rings. The van der Waals surface area contributed by atoms with Crippen molar-refractivity contribution in [1.82, 2.24) is 0 Å². The minimum absolute atomic E-state index is 0.00195. The zero-order chi connectivity index (χ0) is 21.3. The van der Waals surface area contributed by atoms with E-state index in [0.717, 1.165) is 18.1 Å². The van der Waals surface area contributed by atoms with Crippen LogP contribution < -0.4 is 4.18 Å². The zero-order valence-corrected chi connectivity index (χ0v) is 18.2. The molecule has 0 saturated heterocycles. The van der Waals surface area contributed by atoms with Gasteiger partial charge in [0.05, 0.1) is 4.90 Å². The predicted octanol–water partition coefficient (Wildman–Crippen LogP) is 4.30. The largest absolute Gasteiger partial charge is 0.744 e. The maximum absolute atomic E-state index is 12.7. The van der Waals surface area contributed by atoms with Gasteiger partial charge in [-0.05, 0) is 66.1 Å². The topological polar surface area (TPSA) is 101 Å². The van der Waals surface area contributed by atoms with E-state index in [4.69, 9.17) is 4.18 Å². The molecule has 0 radical (unpaired) electrons. The van der Waals surface area contributed by atoms with E-state index in [9.17, 15) is 21.4 Å². The fourth-order valence-electron chi connectivity index (χ4n) is 2.80. The minimum Gasteiger partial charge on any atom is -0.744 e. The van der Waals surface area contributed by atoms with Crippen LogP contribution in [-0.2, 0) is 20.2 Å². The van der Waals surface area contributed by atoms with Gasteiger partial charge in [0.2, 0.25) is 0 Å². The molecule has 8 heteroatoms. The van der Waals surface area contributed by atoms with E-state index in [1.807, 2.05) is 0 Å². The molecule has 0 heterocycles. The van der Waals surface area contributed by atoms with Crippen molar-refractivity contribution in [3.63, 3.8) is 0 Å². The van der Waals surface area contributed by atoms with Gasteiger partial charge in [0.25, 0.3) is 0 Å². The summed E-state index contributed by atoms with van der Waals surface area (Å²) in [5, 5.41) is 0. The molecule has 0 aromatic heterocycles. The summed E-state index contributed by atoms with van der Waals surface area (Å²) in [6, 6.07) is 8.97. The third-order valence-corrected chi connectivity index (χ3v) is 6.89. The molecule has 0 saturated carbocycles. The number of hydrogen-bond donors (Lipinski definition) is 0. The van der Waals surface area contributed by atoms with Gasteiger partial charge in [-0.3, -0.25) is 0 Å². The Bertz CT molecular complexity index is 1050. The van der Waals surface area contributed by atoms with Crippen LogP contribution >= 0.6 is 0 Å². The van der Waals surface area contributed by atoms with Crippen molar-refractivity contribution in [2.45, 2.75) is 62.7 Å². The molecule has 0 amide bonds. The Balaban J connectivity index is 2.45. The second-order valence-corrected chi connectivity index (χ2v) is 10.1. The molecule has 1 atom stereocenters. The van der Waals surface area contributed by atoms with Gasteiger partial charge in [-0.25, -0.2) is 8.42 Å². The summed E-state index contributed by atoms with van der Waals surface area (Å²) < 4.78 is 65.2. The summed E-state index contributed by atoms with van der Waals surface area (Å²) in [6.45, 7) is 9.04. The van der Waals surface area contributed by atoms with Crippen molar-refractivity contribution in [3.05, 3.63) is 53.1 Å². The van der Waals surface area contributed by atoms with Crippen LogP contribution in [0.15, 0.2) is 46.2 Å². The zero-order valence-electron chi connectivity index (χ0n) is 16.6. The van der Waals surface area contributed by atoms with Gasteiger partial charge in [-0.15, -0.1) is 0 Å². The van der Waals surface area contributed by atoms with E-state index < -0.39 is 20.2 Å². The van der Waals surface area contributed by atoms with E-state index in [1.54, 1.807) is 26.0 Å². The Morgan fingerprint density at radius 3 is 2.04 bits per heavy atom. The van der Waals surface area contributed by atoms with Gasteiger partial charge in [0, 0.05) is 0 Å². The van der Waals surface area contributed by atoms with Gasteiger partial charge in [-0.2, -0.15) is 8.42 Å². The molecular formula is C20H25O6S2-. The average molecular weight is 426 g/mol. The number of hydrogen-bond acceptors (Lipinski definition) is 6. The average Bonchev–Trinajstić information content (AvgIpc) is 2.61. The van der Waals surface area contributed by atoms with E-state index in [1.165, 1.54) is 25.1 Å². The second kappa shape index (κ2) is 8.23. The normalized spacial score (nSPS) is 13.5. The van der Waals surface area contributed by atoms with Crippen LogP contribution in [0, 0.1) is 6.92 Å². The number of benzene rings is 2. The Labute approximate surface area is 167 Å². The lowest BCUT2D eigenvalue weighted by molar-refractivity contribution is 0.461. The summed E-state index contributed by atoms with van der Waals surface area (Å²) in [5.74, 6) is 0.0106. The summed E-state index contributed by atoms with van der Waals surface area (Å²) in [5.41, 5.74) is 1.50. The molecule has 0 aliphatic rings. The Morgan fingerprint density at radius 1 is 1.00 bits per heavy atom. The Hall–Kier alpha value is -1.90. The van der Waals surface area contributed by atoms with Crippen molar-refractivity contribution < 1.29 is 25.6 Å². The summed E-state index contributed by atoms with van der Waals surface area (Å²) in [6.07, 6.45) is 0.939. The highest BCUT2D eigenvalue weighted by Crippen LogP contribution is 2.33. The first-order valence-corrected chi connectivity index (χ1v) is 11.8. The van der Waals surface area contributed by atoms with E-state index >= 15 is 0 Å². The third-order valence-electron chi connectivity index (χ3n) is 4.75. The lowest BCUT2D eigenvalue weighted by Crippen LogP contribution is -2.12. The van der Waals surface area contributed by atoms with Gasteiger partial charge in [0.1, 0.15) is 20.8 Å². The molecule has 154 valence electrons. The van der Waals surface area contributed by atoms with Crippen molar-refractivity contribution in [3.8, 4) is 5.75 Å². The van der Waals surface area contributed by atoms with Crippen LogP contribution in [-0.4, -0.2) is 21.4 Å². The quantitative estimate of drug-likeness (QED) is 0.484. The summed E-state index contributed by atoms with van der Waals surface area (Å²) in [7, 11) is -8.79. The van der Waals surface area contributed by atoms with E-state index in [0.29, 0.717) is 5.92 Å². The monoisotopic (exact) mass is 425 g/mol. The maximum atomic E-state index is 12.7. The molecule has 6 nitrogen and oxygen atoms in total. The molecule has 0 bridgehead atoms.